The van der Waals surface area contributed by atoms with Crippen LogP contribution in [0.1, 0.15) is 48.7 Å². The van der Waals surface area contributed by atoms with E-state index in [4.69, 9.17) is 4.74 Å². The second-order valence-electron chi connectivity index (χ2n) is 8.57. The molecule has 2 saturated heterocycles. The fourth-order valence-corrected chi connectivity index (χ4v) is 4.84. The van der Waals surface area contributed by atoms with Gasteiger partial charge in [-0.15, -0.1) is 0 Å². The molecule has 174 valence electrons. The van der Waals surface area contributed by atoms with Crippen LogP contribution in [0.5, 0.6) is 5.88 Å². The molecule has 0 radical (unpaired) electrons. The molecule has 3 aromatic heterocycles. The summed E-state index contributed by atoms with van der Waals surface area (Å²) < 4.78 is 21.7. The highest BCUT2D eigenvalue weighted by Crippen LogP contribution is 2.29. The van der Waals surface area contributed by atoms with Crippen molar-refractivity contribution in [2.75, 3.05) is 29.9 Å². The summed E-state index contributed by atoms with van der Waals surface area (Å²) in [6, 6.07) is 2.03. The molecule has 10 heteroatoms. The van der Waals surface area contributed by atoms with E-state index in [-0.39, 0.29) is 17.1 Å². The zero-order valence-corrected chi connectivity index (χ0v) is 18.8. The number of nitrogens with zero attached hydrogens (tertiary/aromatic N) is 5. The molecule has 0 bridgehead atoms. The van der Waals surface area contributed by atoms with Gasteiger partial charge in [0.25, 0.3) is 5.91 Å². The van der Waals surface area contributed by atoms with Crippen LogP contribution in [0.3, 0.4) is 0 Å². The lowest BCUT2D eigenvalue weighted by molar-refractivity contribution is 0.102. The van der Waals surface area contributed by atoms with Crippen molar-refractivity contribution < 1.29 is 13.9 Å². The van der Waals surface area contributed by atoms with E-state index in [1.165, 1.54) is 12.3 Å². The summed E-state index contributed by atoms with van der Waals surface area (Å²) in [5.41, 5.74) is 1.41. The van der Waals surface area contributed by atoms with Gasteiger partial charge in [0.1, 0.15) is 5.56 Å². The topological polar surface area (TPSA) is 96.7 Å². The molecule has 2 atom stereocenters. The second-order valence-corrected chi connectivity index (χ2v) is 8.57. The molecule has 2 unspecified atom stereocenters. The lowest BCUT2D eigenvalue weighted by Crippen LogP contribution is -2.57. The number of rotatable bonds is 5. The highest BCUT2D eigenvalue weighted by atomic mass is 19.1. The number of pyridine rings is 1. The standard InChI is InChI=1S/C23H28FN7O2/c1-3-33-22-16(21(32)28-15-10-17(24)20-27-14(2)12-30(20)13-15)11-26-23(29-22)31-9-5-6-18-19(31)7-4-8-25-18/h10-13,18-19,25H,3-9H2,1-2H3,(H,28,32). The number of imidazole rings is 1. The van der Waals surface area contributed by atoms with Crippen LogP contribution in [-0.2, 0) is 0 Å². The van der Waals surface area contributed by atoms with E-state index in [1.807, 2.05) is 6.92 Å². The molecule has 2 aliphatic heterocycles. The van der Waals surface area contributed by atoms with Gasteiger partial charge in [-0.05, 0) is 46.1 Å². The molecule has 2 N–H and O–H groups in total. The Morgan fingerprint density at radius 1 is 1.30 bits per heavy atom. The number of halogens is 1. The van der Waals surface area contributed by atoms with E-state index in [9.17, 15) is 9.18 Å². The predicted octanol–water partition coefficient (Wildman–Crippen LogP) is 2.94. The number of amides is 1. The molecule has 2 aliphatic rings. The molecule has 0 spiro atoms. The van der Waals surface area contributed by atoms with Crippen molar-refractivity contribution in [3.63, 3.8) is 0 Å². The Kier molecular flexibility index (Phi) is 5.84. The average molecular weight is 454 g/mol. The quantitative estimate of drug-likeness (QED) is 0.613. The lowest BCUT2D eigenvalue weighted by Gasteiger charge is -2.44. The first-order chi connectivity index (χ1) is 16.0. The highest BCUT2D eigenvalue weighted by Gasteiger charge is 2.35. The zero-order valence-electron chi connectivity index (χ0n) is 18.8. The summed E-state index contributed by atoms with van der Waals surface area (Å²) in [7, 11) is 0. The monoisotopic (exact) mass is 453 g/mol. The van der Waals surface area contributed by atoms with Gasteiger partial charge in [-0.2, -0.15) is 4.98 Å². The van der Waals surface area contributed by atoms with Gasteiger partial charge in [0.05, 0.1) is 18.0 Å². The summed E-state index contributed by atoms with van der Waals surface area (Å²) >= 11 is 0. The van der Waals surface area contributed by atoms with Crippen LogP contribution >= 0.6 is 0 Å². The lowest BCUT2D eigenvalue weighted by atomic mass is 9.90. The molecular weight excluding hydrogens is 425 g/mol. The second kappa shape index (κ2) is 8.93. The number of ether oxygens (including phenoxy) is 1. The van der Waals surface area contributed by atoms with E-state index >= 15 is 0 Å². The first-order valence-electron chi connectivity index (χ1n) is 11.5. The summed E-state index contributed by atoms with van der Waals surface area (Å²) in [4.78, 5) is 28.6. The van der Waals surface area contributed by atoms with Gasteiger partial charge >= 0.3 is 0 Å². The number of aromatic nitrogens is 4. The van der Waals surface area contributed by atoms with Crippen LogP contribution in [0, 0.1) is 12.7 Å². The van der Waals surface area contributed by atoms with E-state index in [0.717, 1.165) is 38.8 Å². The van der Waals surface area contributed by atoms with Gasteiger partial charge in [0, 0.05) is 43.3 Å². The first-order valence-corrected chi connectivity index (χ1v) is 11.5. The molecule has 5 heterocycles. The molecule has 1 amide bonds. The molecule has 5 rings (SSSR count). The number of hydrogen-bond acceptors (Lipinski definition) is 7. The van der Waals surface area contributed by atoms with Crippen molar-refractivity contribution in [1.29, 1.82) is 0 Å². The third-order valence-corrected chi connectivity index (χ3v) is 6.27. The van der Waals surface area contributed by atoms with Crippen LogP contribution < -0.4 is 20.3 Å². The Hall–Kier alpha value is -3.27. The van der Waals surface area contributed by atoms with Crippen molar-refractivity contribution in [1.82, 2.24) is 24.7 Å². The smallest absolute Gasteiger partial charge is 0.262 e. The number of hydrogen-bond donors (Lipinski definition) is 2. The zero-order chi connectivity index (χ0) is 22.9. The molecule has 0 saturated carbocycles. The maximum Gasteiger partial charge on any atom is 0.262 e. The summed E-state index contributed by atoms with van der Waals surface area (Å²) in [5, 5.41) is 6.34. The maximum atomic E-state index is 14.4. The van der Waals surface area contributed by atoms with Gasteiger partial charge in [0.2, 0.25) is 11.8 Å². The summed E-state index contributed by atoms with van der Waals surface area (Å²) in [6.45, 7) is 5.91. The maximum absolute atomic E-state index is 14.4. The SMILES string of the molecule is CCOc1nc(N2CCCC3NCCCC32)ncc1C(=O)Nc1cc(F)c2nc(C)cn2c1. The van der Waals surface area contributed by atoms with E-state index in [0.29, 0.717) is 36.0 Å². The van der Waals surface area contributed by atoms with Gasteiger partial charge in [-0.1, -0.05) is 0 Å². The van der Waals surface area contributed by atoms with Crippen molar-refractivity contribution in [2.24, 2.45) is 0 Å². The molecule has 0 aromatic carbocycles. The number of anilines is 2. The summed E-state index contributed by atoms with van der Waals surface area (Å²) in [6.07, 6.45) is 9.24. The number of nitrogens with one attached hydrogen (secondary N) is 2. The molecule has 3 aromatic rings. The minimum atomic E-state index is -0.515. The van der Waals surface area contributed by atoms with Crippen LogP contribution in [0.4, 0.5) is 16.0 Å². The van der Waals surface area contributed by atoms with Gasteiger partial charge in [0.15, 0.2) is 11.5 Å². The van der Waals surface area contributed by atoms with Crippen LogP contribution in [-0.4, -0.2) is 57.0 Å². The van der Waals surface area contributed by atoms with E-state index in [2.05, 4.69) is 30.5 Å². The number of carbonyl (C=O) groups is 1. The summed E-state index contributed by atoms with van der Waals surface area (Å²) in [5.74, 6) is -0.171. The van der Waals surface area contributed by atoms with E-state index in [1.54, 1.807) is 23.7 Å². The Labute approximate surface area is 191 Å². The van der Waals surface area contributed by atoms with Crippen molar-refractivity contribution in [3.05, 3.63) is 41.7 Å². The van der Waals surface area contributed by atoms with Crippen LogP contribution in [0.15, 0.2) is 24.7 Å². The Morgan fingerprint density at radius 3 is 3.03 bits per heavy atom. The van der Waals surface area contributed by atoms with Crippen LogP contribution in [0.25, 0.3) is 5.65 Å². The molecule has 33 heavy (non-hydrogen) atoms. The minimum Gasteiger partial charge on any atom is -0.477 e. The fraction of sp³-hybridized carbons (Fsp3) is 0.478. The molecule has 0 aliphatic carbocycles. The number of carbonyl (C=O) groups excluding carboxylic acids is 1. The van der Waals surface area contributed by atoms with Crippen molar-refractivity contribution in [3.8, 4) is 5.88 Å². The average Bonchev–Trinajstić information content (AvgIpc) is 3.19. The number of piperidine rings is 2. The third kappa shape index (κ3) is 4.22. The first kappa shape index (κ1) is 21.6. The minimum absolute atomic E-state index is 0.207. The molecular formula is C23H28FN7O2. The fourth-order valence-electron chi connectivity index (χ4n) is 4.84. The Balaban J connectivity index is 1.41. The Morgan fingerprint density at radius 2 is 2.18 bits per heavy atom. The number of fused-ring (bicyclic) bond motifs is 2. The number of aryl methyl sites for hydroxylation is 1. The normalized spacial score (nSPS) is 20.5. The van der Waals surface area contributed by atoms with Crippen LogP contribution in [0.2, 0.25) is 0 Å². The molecule has 2 fully saturated rings. The Bertz CT molecular complexity index is 1180. The van der Waals surface area contributed by atoms with Crippen molar-refractivity contribution >= 4 is 23.2 Å². The van der Waals surface area contributed by atoms with Gasteiger partial charge in [-0.3, -0.25) is 4.79 Å². The van der Waals surface area contributed by atoms with Crippen molar-refractivity contribution in [2.45, 2.75) is 51.6 Å². The van der Waals surface area contributed by atoms with Gasteiger partial charge in [-0.25, -0.2) is 14.4 Å². The van der Waals surface area contributed by atoms with Gasteiger partial charge < -0.3 is 24.7 Å². The van der Waals surface area contributed by atoms with E-state index < -0.39 is 11.7 Å². The predicted molar refractivity (Wildman–Crippen MR) is 122 cm³/mol. The highest BCUT2D eigenvalue weighted by molar-refractivity contribution is 6.05. The largest absolute Gasteiger partial charge is 0.477 e. The molecule has 9 nitrogen and oxygen atoms in total. The third-order valence-electron chi connectivity index (χ3n) is 6.27.